The number of benzene rings is 1. The molecule has 0 spiro atoms. The maximum atomic E-state index is 13.6. The number of pyridine rings is 2. The molecular formula is C23H24N4O. The van der Waals surface area contributed by atoms with E-state index in [1.54, 1.807) is 6.20 Å². The minimum atomic E-state index is 0.0673. The van der Waals surface area contributed by atoms with E-state index >= 15 is 0 Å². The van der Waals surface area contributed by atoms with Crippen molar-refractivity contribution in [1.29, 1.82) is 0 Å². The van der Waals surface area contributed by atoms with Gasteiger partial charge in [0.1, 0.15) is 5.65 Å². The Bertz CT molecular complexity index is 1150. The van der Waals surface area contributed by atoms with Crippen molar-refractivity contribution in [2.45, 2.75) is 32.1 Å². The smallest absolute Gasteiger partial charge is 0.169 e. The minimum Gasteiger partial charge on any atom is -0.317 e. The van der Waals surface area contributed by atoms with Crippen molar-refractivity contribution in [3.63, 3.8) is 0 Å². The summed E-state index contributed by atoms with van der Waals surface area (Å²) >= 11 is 0. The highest BCUT2D eigenvalue weighted by atomic mass is 16.1. The van der Waals surface area contributed by atoms with Gasteiger partial charge < -0.3 is 5.32 Å². The second-order valence-electron chi connectivity index (χ2n) is 7.70. The van der Waals surface area contributed by atoms with Gasteiger partial charge in [-0.05, 0) is 63.0 Å². The van der Waals surface area contributed by atoms with E-state index in [1.165, 1.54) is 0 Å². The number of Topliss-reactive ketones (excluding diaryl/α,β-unsaturated/α-hetero) is 1. The number of ketones is 1. The van der Waals surface area contributed by atoms with Crippen molar-refractivity contribution in [2.75, 3.05) is 13.1 Å². The van der Waals surface area contributed by atoms with Gasteiger partial charge in [-0.3, -0.25) is 14.2 Å². The van der Waals surface area contributed by atoms with E-state index in [2.05, 4.69) is 20.8 Å². The molecule has 5 nitrogen and oxygen atoms in total. The van der Waals surface area contributed by atoms with Gasteiger partial charge in [-0.25, -0.2) is 4.98 Å². The van der Waals surface area contributed by atoms with Gasteiger partial charge in [0.25, 0.3) is 0 Å². The summed E-state index contributed by atoms with van der Waals surface area (Å²) in [6.07, 6.45) is 8.79. The highest BCUT2D eigenvalue weighted by Crippen LogP contribution is 2.29. The van der Waals surface area contributed by atoms with E-state index in [1.807, 2.05) is 36.5 Å². The zero-order valence-electron chi connectivity index (χ0n) is 15.9. The molecule has 3 aromatic heterocycles. The molecule has 4 heterocycles. The topological polar surface area (TPSA) is 59.3 Å². The van der Waals surface area contributed by atoms with Crippen LogP contribution in [0.1, 0.15) is 42.5 Å². The molecule has 1 atom stereocenters. The van der Waals surface area contributed by atoms with E-state index < -0.39 is 0 Å². The minimum absolute atomic E-state index is 0.0673. The third kappa shape index (κ3) is 2.96. The fourth-order valence-corrected chi connectivity index (χ4v) is 4.43. The quantitative estimate of drug-likeness (QED) is 0.530. The third-order valence-electron chi connectivity index (χ3n) is 5.87. The van der Waals surface area contributed by atoms with Gasteiger partial charge in [0.05, 0.1) is 22.1 Å². The first-order valence-corrected chi connectivity index (χ1v) is 10.2. The number of fused-ring (bicyclic) bond motifs is 5. The molecule has 1 saturated heterocycles. The van der Waals surface area contributed by atoms with E-state index in [0.717, 1.165) is 78.3 Å². The highest BCUT2D eigenvalue weighted by Gasteiger charge is 2.24. The predicted octanol–water partition coefficient (Wildman–Crippen LogP) is 4.39. The largest absolute Gasteiger partial charge is 0.317 e. The molecule has 1 aliphatic heterocycles. The van der Waals surface area contributed by atoms with Crippen LogP contribution in [0.4, 0.5) is 0 Å². The molecule has 1 aliphatic rings. The molecule has 1 fully saturated rings. The first-order chi connectivity index (χ1) is 13.8. The molecule has 0 amide bonds. The van der Waals surface area contributed by atoms with Crippen LogP contribution in [0.5, 0.6) is 0 Å². The molecule has 1 N–H and O–H groups in total. The van der Waals surface area contributed by atoms with Crippen LogP contribution in [0, 0.1) is 5.92 Å². The number of hydrogen-bond acceptors (Lipinski definition) is 4. The number of hydrogen-bond donors (Lipinski definition) is 1. The fourth-order valence-electron chi connectivity index (χ4n) is 4.43. The molecular weight excluding hydrogens is 348 g/mol. The second-order valence-corrected chi connectivity index (χ2v) is 7.70. The monoisotopic (exact) mass is 372 g/mol. The summed E-state index contributed by atoms with van der Waals surface area (Å²) in [5.74, 6) is 0.297. The van der Waals surface area contributed by atoms with Crippen LogP contribution in [0.25, 0.3) is 27.6 Å². The van der Waals surface area contributed by atoms with Crippen LogP contribution < -0.4 is 5.32 Å². The number of nitrogens with one attached hydrogen (secondary N) is 1. The Labute approximate surface area is 163 Å². The molecule has 0 bridgehead atoms. The summed E-state index contributed by atoms with van der Waals surface area (Å²) in [5.41, 5.74) is 4.48. The Morgan fingerprint density at radius 1 is 1.04 bits per heavy atom. The molecule has 0 saturated carbocycles. The normalized spacial score (nSPS) is 18.8. The van der Waals surface area contributed by atoms with Crippen LogP contribution in [-0.4, -0.2) is 33.2 Å². The number of para-hydroxylation sites is 2. The van der Waals surface area contributed by atoms with Gasteiger partial charge in [-0.2, -0.15) is 0 Å². The molecule has 5 rings (SSSR count). The SMILES string of the molecule is O=C(c1cc2cnccc2n2c1nc1ccccc12)C1CCCCNCCC1. The Hall–Kier alpha value is -2.79. The number of carbonyl (C=O) groups excluding carboxylic acids is 1. The number of imidazole rings is 1. The number of nitrogens with zero attached hydrogens (tertiary/aromatic N) is 3. The van der Waals surface area contributed by atoms with Crippen LogP contribution in [-0.2, 0) is 0 Å². The number of aromatic nitrogens is 3. The van der Waals surface area contributed by atoms with Gasteiger partial charge in [0.15, 0.2) is 5.78 Å². The lowest BCUT2D eigenvalue weighted by molar-refractivity contribution is 0.0905. The molecule has 0 aliphatic carbocycles. The number of carbonyl (C=O) groups is 1. The molecule has 142 valence electrons. The lowest BCUT2D eigenvalue weighted by Gasteiger charge is -2.16. The van der Waals surface area contributed by atoms with Gasteiger partial charge in [-0.1, -0.05) is 18.6 Å². The average Bonchev–Trinajstić information content (AvgIpc) is 3.18. The van der Waals surface area contributed by atoms with Gasteiger partial charge in [0.2, 0.25) is 0 Å². The first kappa shape index (κ1) is 17.3. The van der Waals surface area contributed by atoms with E-state index in [9.17, 15) is 4.79 Å². The summed E-state index contributed by atoms with van der Waals surface area (Å²) in [6.45, 7) is 2.05. The van der Waals surface area contributed by atoms with E-state index in [-0.39, 0.29) is 11.7 Å². The summed E-state index contributed by atoms with van der Waals surface area (Å²) in [4.78, 5) is 22.8. The molecule has 4 aromatic rings. The maximum absolute atomic E-state index is 13.6. The standard InChI is InChI=1S/C23H24N4O/c28-22(16-6-3-4-11-24-12-5-7-16)18-14-17-15-25-13-10-20(17)27-21-9-2-1-8-19(21)26-23(18)27/h1-2,8-10,13-16,24H,3-7,11-12H2. The van der Waals surface area contributed by atoms with Gasteiger partial charge in [-0.15, -0.1) is 0 Å². The van der Waals surface area contributed by atoms with Crippen LogP contribution >= 0.6 is 0 Å². The first-order valence-electron chi connectivity index (χ1n) is 10.2. The number of rotatable bonds is 2. The van der Waals surface area contributed by atoms with Crippen molar-refractivity contribution >= 4 is 33.4 Å². The van der Waals surface area contributed by atoms with Crippen LogP contribution in [0.3, 0.4) is 0 Å². The van der Waals surface area contributed by atoms with Crippen molar-refractivity contribution in [2.24, 2.45) is 5.92 Å². The van der Waals surface area contributed by atoms with Crippen molar-refractivity contribution < 1.29 is 4.79 Å². The maximum Gasteiger partial charge on any atom is 0.169 e. The summed E-state index contributed by atoms with van der Waals surface area (Å²) < 4.78 is 2.12. The molecule has 1 aromatic carbocycles. The summed E-state index contributed by atoms with van der Waals surface area (Å²) in [6, 6.07) is 12.1. The van der Waals surface area contributed by atoms with Crippen molar-refractivity contribution in [1.82, 2.24) is 19.7 Å². The second kappa shape index (κ2) is 7.32. The lowest BCUT2D eigenvalue weighted by Crippen LogP contribution is -2.18. The Balaban J connectivity index is 1.70. The molecule has 28 heavy (non-hydrogen) atoms. The van der Waals surface area contributed by atoms with E-state index in [4.69, 9.17) is 4.98 Å². The zero-order valence-corrected chi connectivity index (χ0v) is 15.9. The molecule has 0 radical (unpaired) electrons. The average molecular weight is 372 g/mol. The third-order valence-corrected chi connectivity index (χ3v) is 5.87. The summed E-state index contributed by atoms with van der Waals surface area (Å²) in [7, 11) is 0. The van der Waals surface area contributed by atoms with Crippen LogP contribution in [0.2, 0.25) is 0 Å². The zero-order chi connectivity index (χ0) is 18.9. The highest BCUT2D eigenvalue weighted by molar-refractivity contribution is 6.07. The van der Waals surface area contributed by atoms with Gasteiger partial charge >= 0.3 is 0 Å². The lowest BCUT2D eigenvalue weighted by atomic mass is 9.89. The molecule has 5 heteroatoms. The summed E-state index contributed by atoms with van der Waals surface area (Å²) in [5, 5.41) is 4.44. The van der Waals surface area contributed by atoms with Crippen molar-refractivity contribution in [3.8, 4) is 0 Å². The van der Waals surface area contributed by atoms with Crippen molar-refractivity contribution in [3.05, 3.63) is 54.4 Å². The van der Waals surface area contributed by atoms with Gasteiger partial charge in [0, 0.05) is 23.7 Å². The molecule has 1 unspecified atom stereocenters. The fraction of sp³-hybridized carbons (Fsp3) is 0.348. The van der Waals surface area contributed by atoms with E-state index in [0.29, 0.717) is 0 Å². The Morgan fingerprint density at radius 2 is 1.89 bits per heavy atom. The predicted molar refractivity (Wildman–Crippen MR) is 112 cm³/mol. The Morgan fingerprint density at radius 3 is 2.86 bits per heavy atom. The Kier molecular flexibility index (Phi) is 4.53. The van der Waals surface area contributed by atoms with Crippen LogP contribution in [0.15, 0.2) is 48.8 Å².